The molecule has 164 valence electrons. The van der Waals surface area contributed by atoms with Crippen molar-refractivity contribution in [3.63, 3.8) is 0 Å². The number of morpholine rings is 1. The van der Waals surface area contributed by atoms with Crippen LogP contribution in [0.4, 0.5) is 5.69 Å². The Morgan fingerprint density at radius 2 is 1.77 bits per heavy atom. The summed E-state index contributed by atoms with van der Waals surface area (Å²) in [6, 6.07) is 6.52. The van der Waals surface area contributed by atoms with Crippen molar-refractivity contribution >= 4 is 29.4 Å². The summed E-state index contributed by atoms with van der Waals surface area (Å²) in [6.45, 7) is 6.53. The molecular weight excluding hydrogens is 392 g/mol. The van der Waals surface area contributed by atoms with Gasteiger partial charge < -0.3 is 24.0 Å². The number of benzene rings is 1. The molecule has 9 heteroatoms. The van der Waals surface area contributed by atoms with Crippen molar-refractivity contribution in [1.82, 2.24) is 4.90 Å². The minimum absolute atomic E-state index is 0.134. The van der Waals surface area contributed by atoms with Crippen LogP contribution in [0, 0.1) is 0 Å². The Balaban J connectivity index is 2.26. The van der Waals surface area contributed by atoms with Gasteiger partial charge in [0.05, 0.1) is 6.61 Å². The van der Waals surface area contributed by atoms with Crippen LogP contribution in [-0.2, 0) is 28.6 Å². The summed E-state index contributed by atoms with van der Waals surface area (Å²) in [5.74, 6) is -2.28. The Bertz CT molecular complexity index is 812. The number of esters is 2. The van der Waals surface area contributed by atoms with Crippen molar-refractivity contribution in [2.24, 2.45) is 0 Å². The molecule has 0 saturated carbocycles. The topological polar surface area (TPSA) is 102 Å². The van der Waals surface area contributed by atoms with Crippen LogP contribution in [0.2, 0.25) is 0 Å². The molecule has 1 aromatic carbocycles. The third-order valence-electron chi connectivity index (χ3n) is 4.16. The van der Waals surface area contributed by atoms with Gasteiger partial charge in [0.1, 0.15) is 5.60 Å². The second-order valence-corrected chi connectivity index (χ2v) is 8.09. The molecule has 1 saturated heterocycles. The number of hydrogen-bond donors (Lipinski definition) is 0. The van der Waals surface area contributed by atoms with Crippen molar-refractivity contribution < 1.29 is 33.4 Å². The summed E-state index contributed by atoms with van der Waals surface area (Å²) >= 11 is 0. The fraction of sp³-hybridized carbons (Fsp3) is 0.524. The molecule has 1 aliphatic heterocycles. The van der Waals surface area contributed by atoms with E-state index in [0.717, 1.165) is 6.92 Å². The highest BCUT2D eigenvalue weighted by Gasteiger charge is 2.44. The molecule has 9 nitrogen and oxygen atoms in total. The maximum atomic E-state index is 13.1. The van der Waals surface area contributed by atoms with Crippen molar-refractivity contribution in [2.45, 2.75) is 45.5 Å². The van der Waals surface area contributed by atoms with E-state index in [0.29, 0.717) is 11.3 Å². The van der Waals surface area contributed by atoms with Gasteiger partial charge in [-0.1, -0.05) is 0 Å². The molecular formula is C21H28N2O7. The van der Waals surface area contributed by atoms with Crippen molar-refractivity contribution in [2.75, 3.05) is 32.1 Å². The van der Waals surface area contributed by atoms with E-state index >= 15 is 0 Å². The Labute approximate surface area is 175 Å². The number of rotatable bonds is 5. The lowest BCUT2D eigenvalue weighted by Crippen LogP contribution is -2.56. The van der Waals surface area contributed by atoms with Crippen molar-refractivity contribution in [3.8, 4) is 0 Å². The van der Waals surface area contributed by atoms with Crippen LogP contribution in [0.15, 0.2) is 24.3 Å². The van der Waals surface area contributed by atoms with Crippen LogP contribution < -0.4 is 4.90 Å². The van der Waals surface area contributed by atoms with Gasteiger partial charge in [0.15, 0.2) is 6.10 Å². The number of ether oxygens (including phenoxy) is 3. The van der Waals surface area contributed by atoms with Crippen LogP contribution >= 0.6 is 0 Å². The summed E-state index contributed by atoms with van der Waals surface area (Å²) < 4.78 is 15.9. The van der Waals surface area contributed by atoms with E-state index in [1.807, 2.05) is 0 Å². The van der Waals surface area contributed by atoms with Gasteiger partial charge in [-0.2, -0.15) is 0 Å². The van der Waals surface area contributed by atoms with E-state index < -0.39 is 35.7 Å². The molecule has 0 unspecified atom stereocenters. The molecule has 0 spiro atoms. The third-order valence-corrected chi connectivity index (χ3v) is 4.16. The van der Waals surface area contributed by atoms with Gasteiger partial charge in [-0.3, -0.25) is 14.4 Å². The standard InChI is InChI=1S/C21H28N2O7/c1-13(24)29-17(20(27)30-21(2,3)4)16-19(26)23(11-12-28-16)15-9-7-14(8-10-15)18(25)22(5)6/h7-10,16-17H,11-12H2,1-6H3/t16-,17-/m1/s1. The predicted molar refractivity (Wildman–Crippen MR) is 108 cm³/mol. The normalized spacial score (nSPS) is 17.9. The lowest BCUT2D eigenvalue weighted by Gasteiger charge is -2.35. The van der Waals surface area contributed by atoms with Gasteiger partial charge in [-0.15, -0.1) is 0 Å². The number of carbonyl (C=O) groups excluding carboxylic acids is 4. The average molecular weight is 420 g/mol. The first kappa shape index (κ1) is 23.3. The first-order valence-corrected chi connectivity index (χ1v) is 9.55. The van der Waals surface area contributed by atoms with Crippen LogP contribution in [0.1, 0.15) is 38.1 Å². The Morgan fingerprint density at radius 1 is 1.17 bits per heavy atom. The van der Waals surface area contributed by atoms with Gasteiger partial charge in [0.2, 0.25) is 6.10 Å². The highest BCUT2D eigenvalue weighted by Crippen LogP contribution is 2.23. The summed E-state index contributed by atoms with van der Waals surface area (Å²) in [4.78, 5) is 52.1. The van der Waals surface area contributed by atoms with Crippen LogP contribution in [-0.4, -0.2) is 73.7 Å². The second-order valence-electron chi connectivity index (χ2n) is 8.09. The minimum atomic E-state index is -1.52. The van der Waals surface area contributed by atoms with E-state index in [4.69, 9.17) is 14.2 Å². The highest BCUT2D eigenvalue weighted by atomic mass is 16.6. The zero-order valence-corrected chi connectivity index (χ0v) is 18.1. The van der Waals surface area contributed by atoms with Gasteiger partial charge in [-0.25, -0.2) is 4.79 Å². The molecule has 2 atom stereocenters. The van der Waals surface area contributed by atoms with Gasteiger partial charge >= 0.3 is 11.9 Å². The number of anilines is 1. The molecule has 0 aromatic heterocycles. The maximum Gasteiger partial charge on any atom is 0.351 e. The molecule has 1 aliphatic rings. The lowest BCUT2D eigenvalue weighted by atomic mass is 10.1. The molecule has 1 aromatic rings. The summed E-state index contributed by atoms with van der Waals surface area (Å²) in [5, 5.41) is 0. The molecule has 30 heavy (non-hydrogen) atoms. The maximum absolute atomic E-state index is 13.1. The summed E-state index contributed by atoms with van der Waals surface area (Å²) in [7, 11) is 3.30. The van der Waals surface area contributed by atoms with Crippen LogP contribution in [0.5, 0.6) is 0 Å². The first-order valence-electron chi connectivity index (χ1n) is 9.55. The smallest absolute Gasteiger partial charge is 0.351 e. The Hall–Kier alpha value is -2.94. The Morgan fingerprint density at radius 3 is 2.27 bits per heavy atom. The summed E-state index contributed by atoms with van der Waals surface area (Å²) in [6.07, 6.45) is -2.85. The van der Waals surface area contributed by atoms with E-state index in [-0.39, 0.29) is 19.1 Å². The van der Waals surface area contributed by atoms with Gasteiger partial charge in [-0.05, 0) is 45.0 Å². The van der Waals surface area contributed by atoms with E-state index in [9.17, 15) is 19.2 Å². The second kappa shape index (κ2) is 9.25. The van der Waals surface area contributed by atoms with Gasteiger partial charge in [0, 0.05) is 38.8 Å². The third kappa shape index (κ3) is 5.79. The first-order chi connectivity index (χ1) is 13.9. The zero-order chi connectivity index (χ0) is 22.6. The van der Waals surface area contributed by atoms with E-state index in [1.165, 1.54) is 9.80 Å². The average Bonchev–Trinajstić information content (AvgIpc) is 2.64. The summed E-state index contributed by atoms with van der Waals surface area (Å²) in [5.41, 5.74) is 0.184. The molecule has 0 radical (unpaired) electrons. The number of carbonyl (C=O) groups is 4. The monoisotopic (exact) mass is 420 g/mol. The van der Waals surface area contributed by atoms with Crippen molar-refractivity contribution in [3.05, 3.63) is 29.8 Å². The zero-order valence-electron chi connectivity index (χ0n) is 18.1. The molecule has 0 N–H and O–H groups in total. The molecule has 0 bridgehead atoms. The quantitative estimate of drug-likeness (QED) is 0.663. The predicted octanol–water partition coefficient (Wildman–Crippen LogP) is 1.39. The van der Waals surface area contributed by atoms with E-state index in [1.54, 1.807) is 59.1 Å². The lowest BCUT2D eigenvalue weighted by molar-refractivity contribution is -0.188. The van der Waals surface area contributed by atoms with Gasteiger partial charge in [0.25, 0.3) is 11.8 Å². The number of nitrogens with zero attached hydrogens (tertiary/aromatic N) is 2. The Kier molecular flexibility index (Phi) is 7.20. The fourth-order valence-corrected chi connectivity index (χ4v) is 2.89. The highest BCUT2D eigenvalue weighted by molar-refractivity contribution is 6.01. The fourth-order valence-electron chi connectivity index (χ4n) is 2.89. The number of amides is 2. The molecule has 0 aliphatic carbocycles. The van der Waals surface area contributed by atoms with Crippen LogP contribution in [0.3, 0.4) is 0 Å². The SMILES string of the molecule is CC(=O)O[C@@H](C(=O)OC(C)(C)C)[C@H]1OCCN(c2ccc(C(=O)N(C)C)cc2)C1=O. The molecule has 2 rings (SSSR count). The molecule has 1 fully saturated rings. The minimum Gasteiger partial charge on any atom is -0.457 e. The molecule has 2 amide bonds. The van der Waals surface area contributed by atoms with Crippen molar-refractivity contribution in [1.29, 1.82) is 0 Å². The van der Waals surface area contributed by atoms with E-state index in [2.05, 4.69) is 0 Å². The molecule has 1 heterocycles. The van der Waals surface area contributed by atoms with Crippen LogP contribution in [0.25, 0.3) is 0 Å². The largest absolute Gasteiger partial charge is 0.457 e. The number of hydrogen-bond acceptors (Lipinski definition) is 7.